The van der Waals surface area contributed by atoms with Crippen molar-refractivity contribution in [2.24, 2.45) is 7.05 Å². The van der Waals surface area contributed by atoms with Crippen LogP contribution in [0.4, 0.5) is 5.13 Å². The molecule has 1 saturated carbocycles. The smallest absolute Gasteiger partial charge is 0.272 e. The molecule has 10 nitrogen and oxygen atoms in total. The first-order valence-corrected chi connectivity index (χ1v) is 11.5. The Morgan fingerprint density at radius 1 is 1.15 bits per heavy atom. The summed E-state index contributed by atoms with van der Waals surface area (Å²) in [6, 6.07) is 13.6. The number of carbonyl (C=O) groups is 2. The van der Waals surface area contributed by atoms with E-state index in [0.29, 0.717) is 5.13 Å². The molecule has 3 aromatic heterocycles. The lowest BCUT2D eigenvalue weighted by atomic mass is 10.1. The lowest BCUT2D eigenvalue weighted by Gasteiger charge is -2.05. The maximum absolute atomic E-state index is 12.3. The topological polar surface area (TPSA) is 131 Å². The van der Waals surface area contributed by atoms with E-state index in [0.717, 1.165) is 35.4 Å². The number of carbonyl (C=O) groups excluding carboxylic acids is 2. The lowest BCUT2D eigenvalue weighted by Crippen LogP contribution is -2.33. The highest BCUT2D eigenvalue weighted by molar-refractivity contribution is 7.14. The molecular weight excluding hydrogens is 452 g/mol. The molecule has 1 aliphatic rings. The van der Waals surface area contributed by atoms with Crippen LogP contribution in [0.5, 0.6) is 0 Å². The van der Waals surface area contributed by atoms with E-state index >= 15 is 0 Å². The van der Waals surface area contributed by atoms with E-state index in [2.05, 4.69) is 31.9 Å². The fourth-order valence-electron chi connectivity index (χ4n) is 3.48. The number of anilines is 1. The zero-order valence-corrected chi connectivity index (χ0v) is 19.0. The molecule has 1 fully saturated rings. The molecule has 11 heteroatoms. The Kier molecular flexibility index (Phi) is 5.43. The average Bonchev–Trinajstić information content (AvgIpc) is 3.20. The Bertz CT molecular complexity index is 1420. The first kappa shape index (κ1) is 21.5. The summed E-state index contributed by atoms with van der Waals surface area (Å²) < 4.78 is 3.26. The average molecular weight is 473 g/mol. The standard InChI is InChI=1S/C23H20N8O2S/c1-30-9-5-17(28-30)15-3-2-4-16(11-15)19-13-34-22(26-19)27-20(32)12-25-21(33)18-6-10-31(29-18)23(14-24)7-8-23/h2-6,9-11,13H,7-8,12H2,1H3,(H,25,33)(H,26,27,32). The minimum absolute atomic E-state index is 0.165. The van der Waals surface area contributed by atoms with E-state index in [1.54, 1.807) is 10.9 Å². The summed E-state index contributed by atoms with van der Waals surface area (Å²) in [5.41, 5.74) is 3.03. The molecule has 0 radical (unpaired) electrons. The van der Waals surface area contributed by atoms with E-state index in [-0.39, 0.29) is 12.2 Å². The Morgan fingerprint density at radius 3 is 2.65 bits per heavy atom. The van der Waals surface area contributed by atoms with Crippen LogP contribution in [-0.2, 0) is 17.4 Å². The van der Waals surface area contributed by atoms with Crippen molar-refractivity contribution in [3.05, 3.63) is 59.9 Å². The number of aromatic nitrogens is 5. The highest BCUT2D eigenvalue weighted by atomic mass is 32.1. The molecule has 5 rings (SSSR count). The van der Waals surface area contributed by atoms with E-state index in [1.165, 1.54) is 22.1 Å². The number of amides is 2. The van der Waals surface area contributed by atoms with Crippen LogP contribution in [0.1, 0.15) is 23.3 Å². The maximum Gasteiger partial charge on any atom is 0.272 e. The van der Waals surface area contributed by atoms with Crippen LogP contribution in [-0.4, -0.2) is 42.9 Å². The summed E-state index contributed by atoms with van der Waals surface area (Å²) >= 11 is 1.30. The number of benzene rings is 1. The van der Waals surface area contributed by atoms with Crippen molar-refractivity contribution in [2.75, 3.05) is 11.9 Å². The number of thiazole rings is 1. The van der Waals surface area contributed by atoms with Gasteiger partial charge in [-0.3, -0.25) is 19.0 Å². The third kappa shape index (κ3) is 4.31. The molecule has 34 heavy (non-hydrogen) atoms. The van der Waals surface area contributed by atoms with Gasteiger partial charge in [0.2, 0.25) is 5.91 Å². The summed E-state index contributed by atoms with van der Waals surface area (Å²) in [6.45, 7) is -0.223. The van der Waals surface area contributed by atoms with Gasteiger partial charge in [-0.1, -0.05) is 18.2 Å². The predicted octanol–water partition coefficient (Wildman–Crippen LogP) is 2.79. The maximum atomic E-state index is 12.3. The van der Waals surface area contributed by atoms with E-state index in [1.807, 2.05) is 49.0 Å². The molecule has 0 spiro atoms. The highest BCUT2D eigenvalue weighted by Gasteiger charge is 2.46. The SMILES string of the molecule is Cn1ccc(-c2cccc(-c3csc(NC(=O)CNC(=O)c4ccn(C5(C#N)CC5)n4)n3)c2)n1. The van der Waals surface area contributed by atoms with E-state index in [4.69, 9.17) is 0 Å². The summed E-state index contributed by atoms with van der Waals surface area (Å²) in [5, 5.41) is 25.4. The largest absolute Gasteiger partial charge is 0.342 e. The van der Waals surface area contributed by atoms with Crippen molar-refractivity contribution in [1.82, 2.24) is 29.9 Å². The Morgan fingerprint density at radius 2 is 1.94 bits per heavy atom. The third-order valence-corrected chi connectivity index (χ3v) is 6.28. The van der Waals surface area contributed by atoms with Crippen LogP contribution in [0.15, 0.2) is 54.2 Å². The van der Waals surface area contributed by atoms with Gasteiger partial charge in [0.05, 0.1) is 24.0 Å². The summed E-state index contributed by atoms with van der Waals surface area (Å²) in [6.07, 6.45) is 4.94. The second-order valence-corrected chi connectivity index (χ2v) is 8.87. The van der Waals surface area contributed by atoms with Crippen molar-refractivity contribution >= 4 is 28.3 Å². The van der Waals surface area contributed by atoms with Crippen molar-refractivity contribution in [3.8, 4) is 28.6 Å². The molecule has 1 aromatic carbocycles. The molecule has 4 aromatic rings. The number of nitrogens with zero attached hydrogens (tertiary/aromatic N) is 6. The number of hydrogen-bond donors (Lipinski definition) is 2. The van der Waals surface area contributed by atoms with Crippen LogP contribution < -0.4 is 10.6 Å². The molecule has 3 heterocycles. The number of nitriles is 1. The normalized spacial score (nSPS) is 13.8. The quantitative estimate of drug-likeness (QED) is 0.425. The Hall–Kier alpha value is -4.30. The van der Waals surface area contributed by atoms with Gasteiger partial charge in [0.25, 0.3) is 5.91 Å². The first-order valence-electron chi connectivity index (χ1n) is 10.6. The molecule has 0 aliphatic heterocycles. The minimum Gasteiger partial charge on any atom is -0.342 e. The monoisotopic (exact) mass is 472 g/mol. The number of aryl methyl sites for hydroxylation is 1. The summed E-state index contributed by atoms with van der Waals surface area (Å²) in [5.74, 6) is -0.875. The van der Waals surface area contributed by atoms with Gasteiger partial charge in [0, 0.05) is 35.9 Å². The van der Waals surface area contributed by atoms with Crippen LogP contribution >= 0.6 is 11.3 Å². The highest BCUT2D eigenvalue weighted by Crippen LogP contribution is 2.42. The zero-order chi connectivity index (χ0) is 23.7. The molecule has 2 amide bonds. The fourth-order valence-corrected chi connectivity index (χ4v) is 4.22. The minimum atomic E-state index is -0.629. The van der Waals surface area contributed by atoms with Gasteiger partial charge in [0.1, 0.15) is 11.2 Å². The summed E-state index contributed by atoms with van der Waals surface area (Å²) in [7, 11) is 1.87. The van der Waals surface area contributed by atoms with Gasteiger partial charge in [0.15, 0.2) is 5.13 Å². The molecule has 1 aliphatic carbocycles. The molecular formula is C23H20N8O2S. The van der Waals surface area contributed by atoms with Gasteiger partial charge in [-0.2, -0.15) is 15.5 Å². The van der Waals surface area contributed by atoms with Gasteiger partial charge >= 0.3 is 0 Å². The molecule has 0 atom stereocenters. The second-order valence-electron chi connectivity index (χ2n) is 8.01. The van der Waals surface area contributed by atoms with Gasteiger partial charge in [-0.15, -0.1) is 11.3 Å². The van der Waals surface area contributed by atoms with Gasteiger partial charge < -0.3 is 10.6 Å². The molecule has 0 saturated heterocycles. The van der Waals surface area contributed by atoms with Gasteiger partial charge in [-0.25, -0.2) is 4.98 Å². The number of hydrogen-bond acceptors (Lipinski definition) is 7. The van der Waals surface area contributed by atoms with Gasteiger partial charge in [-0.05, 0) is 31.0 Å². The van der Waals surface area contributed by atoms with Crippen LogP contribution in [0.2, 0.25) is 0 Å². The van der Waals surface area contributed by atoms with Crippen molar-refractivity contribution in [1.29, 1.82) is 5.26 Å². The lowest BCUT2D eigenvalue weighted by molar-refractivity contribution is -0.115. The third-order valence-electron chi connectivity index (χ3n) is 5.52. The fraction of sp³-hybridized carbons (Fsp3) is 0.217. The molecule has 170 valence electrons. The first-order chi connectivity index (χ1) is 16.5. The second kappa shape index (κ2) is 8.57. The number of nitrogens with one attached hydrogen (secondary N) is 2. The van der Waals surface area contributed by atoms with Crippen LogP contribution in [0.3, 0.4) is 0 Å². The Balaban J connectivity index is 1.18. The number of rotatable bonds is 7. The van der Waals surface area contributed by atoms with Crippen molar-refractivity contribution in [2.45, 2.75) is 18.4 Å². The van der Waals surface area contributed by atoms with E-state index < -0.39 is 17.4 Å². The van der Waals surface area contributed by atoms with Crippen molar-refractivity contribution < 1.29 is 9.59 Å². The van der Waals surface area contributed by atoms with Crippen molar-refractivity contribution in [3.63, 3.8) is 0 Å². The van der Waals surface area contributed by atoms with Crippen LogP contribution in [0.25, 0.3) is 22.5 Å². The van der Waals surface area contributed by atoms with E-state index in [9.17, 15) is 14.9 Å². The predicted molar refractivity (Wildman–Crippen MR) is 126 cm³/mol. The molecule has 0 unspecified atom stereocenters. The zero-order valence-electron chi connectivity index (χ0n) is 18.2. The Labute approximate surface area is 198 Å². The summed E-state index contributed by atoms with van der Waals surface area (Å²) in [4.78, 5) is 29.1. The molecule has 2 N–H and O–H groups in total. The van der Waals surface area contributed by atoms with Crippen LogP contribution in [0, 0.1) is 11.3 Å². The molecule has 0 bridgehead atoms.